The highest BCUT2D eigenvalue weighted by molar-refractivity contribution is 6.11. The molecular weight excluding hydrogens is 228 g/mol. The predicted octanol–water partition coefficient (Wildman–Crippen LogP) is 1.90. The van der Waals surface area contributed by atoms with Gasteiger partial charge < -0.3 is 5.32 Å². The van der Waals surface area contributed by atoms with Crippen LogP contribution in [0.15, 0.2) is 40.6 Å². The molecule has 1 unspecified atom stereocenters. The van der Waals surface area contributed by atoms with Gasteiger partial charge in [-0.2, -0.15) is 0 Å². The molecule has 1 aliphatic heterocycles. The second-order valence-corrected chi connectivity index (χ2v) is 4.28. The fraction of sp³-hybridized carbons (Fsp3) is 0.357. The Morgan fingerprint density at radius 3 is 2.83 bits per heavy atom. The number of carbonyl (C=O) groups is 2. The van der Waals surface area contributed by atoms with E-state index in [0.717, 1.165) is 17.7 Å². The molecule has 1 N–H and O–H groups in total. The molecule has 0 aromatic carbocycles. The monoisotopic (exact) mass is 244 g/mol. The number of hydrogen-bond acceptors (Lipinski definition) is 2. The number of amides is 2. The summed E-state index contributed by atoms with van der Waals surface area (Å²) in [4.78, 5) is 26.8. The highest BCUT2D eigenvalue weighted by Gasteiger charge is 2.25. The number of aliphatic imine (C=N–C) groups is 1. The molecule has 0 spiro atoms. The van der Waals surface area contributed by atoms with Crippen molar-refractivity contribution in [1.82, 2.24) is 5.32 Å². The molecule has 0 fully saturated rings. The number of rotatable bonds is 2. The number of hydrogen-bond donors (Lipinski definition) is 1. The molecule has 1 heterocycles. The van der Waals surface area contributed by atoms with Crippen LogP contribution in [-0.2, 0) is 9.59 Å². The SMILES string of the molecule is CCC(=O)N=C1C=CC2C(CC)=CC(=O)NC2=C1. The summed E-state index contributed by atoms with van der Waals surface area (Å²) in [7, 11) is 0. The molecule has 4 nitrogen and oxygen atoms in total. The minimum Gasteiger partial charge on any atom is -0.325 e. The molecule has 0 saturated carbocycles. The average molecular weight is 244 g/mol. The predicted molar refractivity (Wildman–Crippen MR) is 70.0 cm³/mol. The molecule has 1 atom stereocenters. The smallest absolute Gasteiger partial charge is 0.248 e. The molecule has 0 bridgehead atoms. The highest BCUT2D eigenvalue weighted by Crippen LogP contribution is 2.28. The van der Waals surface area contributed by atoms with Crippen molar-refractivity contribution in [3.8, 4) is 0 Å². The summed E-state index contributed by atoms with van der Waals surface area (Å²) in [6.45, 7) is 3.80. The fourth-order valence-corrected chi connectivity index (χ4v) is 2.08. The third kappa shape index (κ3) is 2.47. The second kappa shape index (κ2) is 5.12. The van der Waals surface area contributed by atoms with Gasteiger partial charge in [0.2, 0.25) is 11.8 Å². The second-order valence-electron chi connectivity index (χ2n) is 4.28. The zero-order valence-electron chi connectivity index (χ0n) is 10.6. The van der Waals surface area contributed by atoms with Crippen LogP contribution in [0.3, 0.4) is 0 Å². The number of allylic oxidation sites excluding steroid dienone is 3. The van der Waals surface area contributed by atoms with Crippen LogP contribution in [0.5, 0.6) is 0 Å². The van der Waals surface area contributed by atoms with Crippen LogP contribution in [0.4, 0.5) is 0 Å². The first kappa shape index (κ1) is 12.5. The quantitative estimate of drug-likeness (QED) is 0.806. The van der Waals surface area contributed by atoms with Crippen molar-refractivity contribution in [2.75, 3.05) is 0 Å². The summed E-state index contributed by atoms with van der Waals surface area (Å²) in [6, 6.07) is 0. The van der Waals surface area contributed by atoms with Gasteiger partial charge in [0, 0.05) is 24.1 Å². The van der Waals surface area contributed by atoms with Gasteiger partial charge in [-0.3, -0.25) is 9.59 Å². The molecule has 0 aromatic heterocycles. The van der Waals surface area contributed by atoms with Crippen molar-refractivity contribution in [3.05, 3.63) is 35.6 Å². The molecule has 2 aliphatic rings. The van der Waals surface area contributed by atoms with Crippen molar-refractivity contribution in [2.24, 2.45) is 10.9 Å². The van der Waals surface area contributed by atoms with E-state index in [1.165, 1.54) is 0 Å². The summed E-state index contributed by atoms with van der Waals surface area (Å²) in [5, 5.41) is 2.81. The Bertz CT molecular complexity index is 510. The van der Waals surface area contributed by atoms with Crippen molar-refractivity contribution in [1.29, 1.82) is 0 Å². The number of nitrogens with zero attached hydrogens (tertiary/aromatic N) is 1. The van der Waals surface area contributed by atoms with Gasteiger partial charge in [0.05, 0.1) is 5.71 Å². The molecule has 4 heteroatoms. The van der Waals surface area contributed by atoms with E-state index in [0.29, 0.717) is 12.1 Å². The van der Waals surface area contributed by atoms with Crippen LogP contribution >= 0.6 is 0 Å². The molecule has 1 aliphatic carbocycles. The van der Waals surface area contributed by atoms with Crippen molar-refractivity contribution in [2.45, 2.75) is 26.7 Å². The maximum absolute atomic E-state index is 11.5. The summed E-state index contributed by atoms with van der Waals surface area (Å²) in [5.41, 5.74) is 2.50. The summed E-state index contributed by atoms with van der Waals surface area (Å²) < 4.78 is 0. The Labute approximate surface area is 106 Å². The summed E-state index contributed by atoms with van der Waals surface area (Å²) in [6.07, 6.45) is 8.45. The Morgan fingerprint density at radius 2 is 2.17 bits per heavy atom. The maximum Gasteiger partial charge on any atom is 0.248 e. The molecule has 2 amide bonds. The average Bonchev–Trinajstić information content (AvgIpc) is 2.37. The zero-order chi connectivity index (χ0) is 13.1. The lowest BCUT2D eigenvalue weighted by atomic mass is 9.86. The Kier molecular flexibility index (Phi) is 3.55. The lowest BCUT2D eigenvalue weighted by Gasteiger charge is -2.26. The Hall–Kier alpha value is -1.97. The standard InChI is InChI=1S/C14H16N2O2/c1-3-9-7-14(18)16-12-8-10(5-6-11(9)12)15-13(17)4-2/h5-8,11H,3-4H2,1-2H3,(H,16,18). The summed E-state index contributed by atoms with van der Waals surface area (Å²) in [5.74, 6) is -0.146. The third-order valence-corrected chi connectivity index (χ3v) is 3.05. The zero-order valence-corrected chi connectivity index (χ0v) is 10.6. The normalized spacial score (nSPS) is 24.2. The fourth-order valence-electron chi connectivity index (χ4n) is 2.08. The van der Waals surface area contributed by atoms with Crippen molar-refractivity contribution < 1.29 is 9.59 Å². The minimum atomic E-state index is -0.154. The van der Waals surface area contributed by atoms with Crippen LogP contribution < -0.4 is 5.32 Å². The van der Waals surface area contributed by atoms with Gasteiger partial charge in [-0.1, -0.05) is 25.5 Å². The topological polar surface area (TPSA) is 58.5 Å². The van der Waals surface area contributed by atoms with E-state index < -0.39 is 0 Å². The van der Waals surface area contributed by atoms with Gasteiger partial charge in [0.1, 0.15) is 0 Å². The molecule has 0 radical (unpaired) electrons. The van der Waals surface area contributed by atoms with Gasteiger partial charge in [-0.05, 0) is 18.6 Å². The van der Waals surface area contributed by atoms with Crippen molar-refractivity contribution >= 4 is 17.5 Å². The number of nitrogens with one attached hydrogen (secondary N) is 1. The van der Waals surface area contributed by atoms with Crippen LogP contribution in [0.2, 0.25) is 0 Å². The van der Waals surface area contributed by atoms with E-state index in [-0.39, 0.29) is 17.7 Å². The lowest BCUT2D eigenvalue weighted by molar-refractivity contribution is -0.117. The van der Waals surface area contributed by atoms with E-state index in [1.54, 1.807) is 19.1 Å². The van der Waals surface area contributed by atoms with Gasteiger partial charge in [-0.15, -0.1) is 0 Å². The molecule has 94 valence electrons. The third-order valence-electron chi connectivity index (χ3n) is 3.05. The van der Waals surface area contributed by atoms with Crippen molar-refractivity contribution in [3.63, 3.8) is 0 Å². The van der Waals surface area contributed by atoms with Crippen LogP contribution in [0.25, 0.3) is 0 Å². The highest BCUT2D eigenvalue weighted by atomic mass is 16.2. The Balaban J connectivity index is 2.30. The molecule has 2 rings (SSSR count). The summed E-state index contributed by atoms with van der Waals surface area (Å²) >= 11 is 0. The molecule has 0 aromatic rings. The first-order chi connectivity index (χ1) is 8.63. The number of fused-ring (bicyclic) bond motifs is 1. The first-order valence-corrected chi connectivity index (χ1v) is 6.16. The first-order valence-electron chi connectivity index (χ1n) is 6.16. The minimum absolute atomic E-state index is 0.106. The lowest BCUT2D eigenvalue weighted by Crippen LogP contribution is -2.33. The molecular formula is C14H16N2O2. The van der Waals surface area contributed by atoms with E-state index in [9.17, 15) is 9.59 Å². The van der Waals surface area contributed by atoms with E-state index in [4.69, 9.17) is 0 Å². The van der Waals surface area contributed by atoms with Crippen LogP contribution in [-0.4, -0.2) is 17.5 Å². The molecule has 18 heavy (non-hydrogen) atoms. The van der Waals surface area contributed by atoms with Gasteiger partial charge in [0.15, 0.2) is 0 Å². The number of carbonyl (C=O) groups excluding carboxylic acids is 2. The van der Waals surface area contributed by atoms with E-state index in [2.05, 4.69) is 10.3 Å². The maximum atomic E-state index is 11.5. The molecule has 0 saturated heterocycles. The Morgan fingerprint density at radius 1 is 1.39 bits per heavy atom. The van der Waals surface area contributed by atoms with Gasteiger partial charge >= 0.3 is 0 Å². The van der Waals surface area contributed by atoms with Crippen LogP contribution in [0.1, 0.15) is 26.7 Å². The largest absolute Gasteiger partial charge is 0.325 e. The van der Waals surface area contributed by atoms with E-state index >= 15 is 0 Å². The van der Waals surface area contributed by atoms with Gasteiger partial charge in [0.25, 0.3) is 0 Å². The van der Waals surface area contributed by atoms with E-state index in [1.807, 2.05) is 19.1 Å². The van der Waals surface area contributed by atoms with Crippen LogP contribution in [0, 0.1) is 5.92 Å². The van der Waals surface area contributed by atoms with Gasteiger partial charge in [-0.25, -0.2) is 4.99 Å².